The molecule has 0 aliphatic carbocycles. The highest BCUT2D eigenvalue weighted by Gasteiger charge is 2.18. The molecule has 4 amide bonds. The van der Waals surface area contributed by atoms with E-state index in [1.54, 1.807) is 6.92 Å². The van der Waals surface area contributed by atoms with E-state index < -0.39 is 29.9 Å². The number of halogens is 1. The van der Waals surface area contributed by atoms with Crippen LogP contribution in [0.1, 0.15) is 26.2 Å². The number of aromatic hydroxyl groups is 1. The molecule has 27 heavy (non-hydrogen) atoms. The van der Waals surface area contributed by atoms with Gasteiger partial charge in [0.15, 0.2) is 5.75 Å². The van der Waals surface area contributed by atoms with Gasteiger partial charge in [0.2, 0.25) is 11.8 Å². The van der Waals surface area contributed by atoms with Crippen LogP contribution in [0.25, 0.3) is 0 Å². The molecule has 0 saturated carbocycles. The van der Waals surface area contributed by atoms with E-state index in [1.807, 2.05) is 0 Å². The molecule has 1 heterocycles. The summed E-state index contributed by atoms with van der Waals surface area (Å²) in [5.74, 6) is -2.75. The summed E-state index contributed by atoms with van der Waals surface area (Å²) in [5, 5.41) is 14.9. The van der Waals surface area contributed by atoms with Crippen LogP contribution in [-0.2, 0) is 19.2 Å². The summed E-state index contributed by atoms with van der Waals surface area (Å²) in [6, 6.07) is 1.22. The van der Waals surface area contributed by atoms with E-state index in [1.165, 1.54) is 6.07 Å². The van der Waals surface area contributed by atoms with E-state index in [2.05, 4.69) is 27.2 Å². The topological polar surface area (TPSA) is 137 Å². The predicted molar refractivity (Wildman–Crippen MR) is 95.7 cm³/mol. The van der Waals surface area contributed by atoms with Crippen LogP contribution in [0.2, 0.25) is 5.02 Å². The third-order valence-electron chi connectivity index (χ3n) is 3.50. The van der Waals surface area contributed by atoms with Crippen molar-refractivity contribution in [1.29, 1.82) is 0 Å². The third-order valence-corrected chi connectivity index (χ3v) is 3.79. The maximum atomic E-state index is 12.0. The monoisotopic (exact) mass is 392 g/mol. The fraction of sp³-hybridized carbons (Fsp3) is 0.294. The van der Waals surface area contributed by atoms with Crippen LogP contribution in [0.15, 0.2) is 28.2 Å². The van der Waals surface area contributed by atoms with Crippen LogP contribution in [0.5, 0.6) is 5.75 Å². The second-order valence-corrected chi connectivity index (χ2v) is 6.23. The van der Waals surface area contributed by atoms with E-state index in [-0.39, 0.29) is 40.3 Å². The Morgan fingerprint density at radius 3 is 2.52 bits per heavy atom. The highest BCUT2D eigenvalue weighted by Crippen LogP contribution is 2.21. The Labute approximate surface area is 158 Å². The van der Waals surface area contributed by atoms with Crippen molar-refractivity contribution in [3.8, 4) is 5.75 Å². The first-order valence-electron chi connectivity index (χ1n) is 7.97. The number of phenolic OH excluding ortho intramolecular Hbond substituents is 1. The largest absolute Gasteiger partial charge is 0.504 e. The van der Waals surface area contributed by atoms with Crippen molar-refractivity contribution in [2.45, 2.75) is 26.2 Å². The molecule has 0 bridgehead atoms. The molecular formula is C17H17ClN4O5. The molecule has 142 valence electrons. The fourth-order valence-electron chi connectivity index (χ4n) is 2.20. The fourth-order valence-corrected chi connectivity index (χ4v) is 2.44. The molecule has 9 nitrogen and oxygen atoms in total. The predicted octanol–water partition coefficient (Wildman–Crippen LogP) is 0.153. The van der Waals surface area contributed by atoms with Crippen molar-refractivity contribution in [2.75, 3.05) is 11.9 Å². The van der Waals surface area contributed by atoms with E-state index in [0.717, 1.165) is 0 Å². The van der Waals surface area contributed by atoms with Gasteiger partial charge in [0.1, 0.15) is 17.1 Å². The Morgan fingerprint density at radius 2 is 1.89 bits per heavy atom. The summed E-state index contributed by atoms with van der Waals surface area (Å²) in [5.41, 5.74) is 0.307. The van der Waals surface area contributed by atoms with Crippen LogP contribution < -0.4 is 21.3 Å². The van der Waals surface area contributed by atoms with Crippen molar-refractivity contribution < 1.29 is 24.3 Å². The maximum Gasteiger partial charge on any atom is 0.255 e. The summed E-state index contributed by atoms with van der Waals surface area (Å²) in [6.45, 7) is 5.35. The first kappa shape index (κ1) is 20.2. The number of nitrogens with zero attached hydrogens (tertiary/aromatic N) is 2. The minimum Gasteiger partial charge on any atom is -0.504 e. The Morgan fingerprint density at radius 1 is 1.26 bits per heavy atom. The minimum atomic E-state index is -0.773. The van der Waals surface area contributed by atoms with Crippen molar-refractivity contribution in [3.63, 3.8) is 0 Å². The number of carbonyl (C=O) groups excluding carboxylic acids is 4. The lowest BCUT2D eigenvalue weighted by atomic mass is 10.2. The van der Waals surface area contributed by atoms with Gasteiger partial charge in [0.25, 0.3) is 11.8 Å². The van der Waals surface area contributed by atoms with E-state index >= 15 is 0 Å². The molecule has 1 aliphatic rings. The summed E-state index contributed by atoms with van der Waals surface area (Å²) < 4.78 is 0. The summed E-state index contributed by atoms with van der Waals surface area (Å²) in [4.78, 5) is 53.8. The molecule has 0 saturated heterocycles. The van der Waals surface area contributed by atoms with Gasteiger partial charge >= 0.3 is 0 Å². The number of amides is 4. The molecule has 3 N–H and O–H groups in total. The van der Waals surface area contributed by atoms with Crippen molar-refractivity contribution in [2.24, 2.45) is 9.98 Å². The number of carbonyl (C=O) groups is 4. The summed E-state index contributed by atoms with van der Waals surface area (Å²) in [6.07, 6.45) is -0.109. The van der Waals surface area contributed by atoms with Gasteiger partial charge in [0.05, 0.1) is 10.7 Å². The highest BCUT2D eigenvalue weighted by atomic mass is 35.5. The standard InChI is InChI=1S/C17H17ClN4O5/c1-8(2)17(27)19-5-3-4-11(23)20-10-6-9(18)14-15(16(10)26)22-13(25)7-12(24)21-14/h6,26H,1,3-5,7H2,2H3,(H,19,27)(H,20,23). The molecule has 0 radical (unpaired) electrons. The lowest BCUT2D eigenvalue weighted by molar-refractivity contribution is -0.125. The summed E-state index contributed by atoms with van der Waals surface area (Å²) >= 11 is 6.04. The van der Waals surface area contributed by atoms with E-state index in [9.17, 15) is 24.3 Å². The zero-order valence-electron chi connectivity index (χ0n) is 14.5. The Balaban J connectivity index is 2.13. The molecule has 2 rings (SSSR count). The normalized spacial score (nSPS) is 13.0. The van der Waals surface area contributed by atoms with E-state index in [4.69, 9.17) is 11.6 Å². The molecule has 0 atom stereocenters. The van der Waals surface area contributed by atoms with Gasteiger partial charge in [-0.25, -0.2) is 9.98 Å². The Kier molecular flexibility index (Phi) is 6.40. The van der Waals surface area contributed by atoms with Gasteiger partial charge in [-0.2, -0.15) is 0 Å². The first-order chi connectivity index (χ1) is 12.7. The SMILES string of the molecule is C=C(C)C(=O)NCCCC(=O)Nc1cc(Cl)c2c(c1O)=NC(=O)CC(=O)N=2. The zero-order valence-corrected chi connectivity index (χ0v) is 15.2. The van der Waals surface area contributed by atoms with Crippen molar-refractivity contribution in [3.05, 3.63) is 34.0 Å². The van der Waals surface area contributed by atoms with Gasteiger partial charge in [-0.3, -0.25) is 19.2 Å². The molecule has 10 heteroatoms. The minimum absolute atomic E-state index is 0.0429. The molecule has 0 fully saturated rings. The number of fused-ring (bicyclic) bond motifs is 1. The van der Waals surface area contributed by atoms with Crippen molar-refractivity contribution >= 4 is 40.9 Å². The molecule has 1 aromatic rings. The number of rotatable bonds is 6. The first-order valence-corrected chi connectivity index (χ1v) is 8.35. The average Bonchev–Trinajstić information content (AvgIpc) is 2.74. The van der Waals surface area contributed by atoms with Crippen molar-refractivity contribution in [1.82, 2.24) is 5.32 Å². The number of anilines is 1. The quantitative estimate of drug-likeness (QED) is 0.274. The molecule has 0 unspecified atom stereocenters. The molecule has 0 aromatic heterocycles. The second kappa shape index (κ2) is 8.54. The number of benzene rings is 1. The van der Waals surface area contributed by atoms with Crippen LogP contribution in [0, 0.1) is 0 Å². The second-order valence-electron chi connectivity index (χ2n) is 5.83. The number of nitrogens with one attached hydrogen (secondary N) is 2. The Bertz CT molecular complexity index is 971. The van der Waals surface area contributed by atoms with Gasteiger partial charge in [-0.05, 0) is 19.4 Å². The van der Waals surface area contributed by atoms with E-state index in [0.29, 0.717) is 12.0 Å². The maximum absolute atomic E-state index is 12.0. The smallest absolute Gasteiger partial charge is 0.255 e. The number of phenols is 1. The Hall–Kier alpha value is -3.07. The summed E-state index contributed by atoms with van der Waals surface area (Å²) in [7, 11) is 0. The number of hydrogen-bond acceptors (Lipinski definition) is 5. The molecule has 1 aliphatic heterocycles. The third kappa shape index (κ3) is 5.20. The van der Waals surface area contributed by atoms with Gasteiger partial charge in [-0.15, -0.1) is 0 Å². The van der Waals surface area contributed by atoms with Crippen LogP contribution >= 0.6 is 11.6 Å². The lowest BCUT2D eigenvalue weighted by Gasteiger charge is -2.09. The molecule has 1 aromatic carbocycles. The molecular weight excluding hydrogens is 376 g/mol. The van der Waals surface area contributed by atoms with Gasteiger partial charge < -0.3 is 15.7 Å². The lowest BCUT2D eigenvalue weighted by Crippen LogP contribution is -2.29. The zero-order chi connectivity index (χ0) is 20.1. The van der Waals surface area contributed by atoms with Crippen LogP contribution in [-0.4, -0.2) is 35.3 Å². The highest BCUT2D eigenvalue weighted by molar-refractivity contribution is 6.31. The van der Waals surface area contributed by atoms with Crippen LogP contribution in [0.4, 0.5) is 5.69 Å². The number of hydrogen-bond donors (Lipinski definition) is 3. The van der Waals surface area contributed by atoms with Gasteiger partial charge in [-0.1, -0.05) is 18.2 Å². The molecule has 0 spiro atoms. The van der Waals surface area contributed by atoms with Gasteiger partial charge in [0, 0.05) is 18.5 Å². The van der Waals surface area contributed by atoms with Crippen LogP contribution in [0.3, 0.4) is 0 Å². The average molecular weight is 393 g/mol.